The summed E-state index contributed by atoms with van der Waals surface area (Å²) in [5.41, 5.74) is 1.18. The molecule has 1 aromatic heterocycles. The number of aryl methyl sites for hydroxylation is 1. The van der Waals surface area contributed by atoms with Crippen LogP contribution in [0.15, 0.2) is 12.4 Å². The van der Waals surface area contributed by atoms with Gasteiger partial charge in [0.2, 0.25) is 5.91 Å². The molecular weight excluding hydrogens is 288 g/mol. The molecule has 1 amide bonds. The second kappa shape index (κ2) is 6.79. The van der Waals surface area contributed by atoms with Gasteiger partial charge >= 0.3 is 0 Å². The third kappa shape index (κ3) is 3.09. The number of nitrogens with one attached hydrogen (secondary N) is 1. The Labute approximate surface area is 132 Å². The number of aromatic nitrogens is 2. The molecule has 2 aliphatic rings. The van der Waals surface area contributed by atoms with E-state index in [9.17, 15) is 4.79 Å². The van der Waals surface area contributed by atoms with Gasteiger partial charge < -0.3 is 10.2 Å². The molecule has 2 heterocycles. The van der Waals surface area contributed by atoms with Crippen LogP contribution < -0.4 is 5.32 Å². The molecule has 1 aromatic rings. The van der Waals surface area contributed by atoms with Gasteiger partial charge in [-0.1, -0.05) is 0 Å². The predicted molar refractivity (Wildman–Crippen MR) is 84.6 cm³/mol. The van der Waals surface area contributed by atoms with E-state index in [1.165, 1.54) is 24.8 Å². The summed E-state index contributed by atoms with van der Waals surface area (Å²) in [6.07, 6.45) is 7.56. The number of carbonyl (C=O) groups excluding carboxylic acids is 1. The van der Waals surface area contributed by atoms with Gasteiger partial charge in [0.1, 0.15) is 0 Å². The Bertz CT molecular complexity index is 486. The highest BCUT2D eigenvalue weighted by Crippen LogP contribution is 2.32. The number of amides is 1. The molecule has 2 atom stereocenters. The van der Waals surface area contributed by atoms with Gasteiger partial charge in [-0.3, -0.25) is 9.48 Å². The Morgan fingerprint density at radius 3 is 2.76 bits per heavy atom. The molecule has 21 heavy (non-hydrogen) atoms. The fraction of sp³-hybridized carbons (Fsp3) is 0.733. The van der Waals surface area contributed by atoms with Crippen molar-refractivity contribution in [2.24, 2.45) is 13.0 Å². The molecule has 2 fully saturated rings. The minimum atomic E-state index is 0. The molecule has 0 unspecified atom stereocenters. The van der Waals surface area contributed by atoms with E-state index < -0.39 is 0 Å². The fourth-order valence-electron chi connectivity index (χ4n) is 3.43. The van der Waals surface area contributed by atoms with Gasteiger partial charge in [-0.15, -0.1) is 12.4 Å². The highest BCUT2D eigenvalue weighted by atomic mass is 35.5. The number of rotatable bonds is 4. The Hall–Kier alpha value is -1.07. The molecule has 0 spiro atoms. The third-order valence-electron chi connectivity index (χ3n) is 4.82. The van der Waals surface area contributed by atoms with E-state index in [0.29, 0.717) is 11.9 Å². The zero-order chi connectivity index (χ0) is 14.1. The first-order valence-corrected chi connectivity index (χ1v) is 7.70. The lowest BCUT2D eigenvalue weighted by molar-refractivity contribution is -0.139. The maximum atomic E-state index is 12.9. The summed E-state index contributed by atoms with van der Waals surface area (Å²) in [5, 5.41) is 7.63. The second-order valence-electron chi connectivity index (χ2n) is 6.03. The van der Waals surface area contributed by atoms with E-state index >= 15 is 0 Å². The van der Waals surface area contributed by atoms with Crippen LogP contribution in [-0.2, 0) is 11.8 Å². The van der Waals surface area contributed by atoms with Crippen molar-refractivity contribution in [2.45, 2.75) is 38.1 Å². The topological polar surface area (TPSA) is 50.2 Å². The maximum absolute atomic E-state index is 12.9. The van der Waals surface area contributed by atoms with Gasteiger partial charge in [0.05, 0.1) is 12.1 Å². The highest BCUT2D eigenvalue weighted by molar-refractivity contribution is 5.85. The quantitative estimate of drug-likeness (QED) is 0.917. The van der Waals surface area contributed by atoms with E-state index in [4.69, 9.17) is 0 Å². The first-order chi connectivity index (χ1) is 9.70. The number of halogens is 1. The zero-order valence-electron chi connectivity index (χ0n) is 12.8. The maximum Gasteiger partial charge on any atom is 0.227 e. The lowest BCUT2D eigenvalue weighted by Crippen LogP contribution is -2.47. The monoisotopic (exact) mass is 312 g/mol. The normalized spacial score (nSPS) is 25.2. The van der Waals surface area contributed by atoms with Crippen LogP contribution >= 0.6 is 12.4 Å². The van der Waals surface area contributed by atoms with Gasteiger partial charge in [-0.2, -0.15) is 5.10 Å². The molecule has 3 rings (SSSR count). The van der Waals surface area contributed by atoms with E-state index in [1.807, 2.05) is 24.1 Å². The highest BCUT2D eigenvalue weighted by Gasteiger charge is 2.39. The average Bonchev–Trinajstić information content (AvgIpc) is 3.00. The molecule has 0 radical (unpaired) electrons. The Balaban J connectivity index is 0.00000161. The van der Waals surface area contributed by atoms with Crippen LogP contribution in [0.1, 0.15) is 37.7 Å². The van der Waals surface area contributed by atoms with E-state index in [0.717, 1.165) is 19.6 Å². The van der Waals surface area contributed by atoms with E-state index in [1.54, 1.807) is 0 Å². The summed E-state index contributed by atoms with van der Waals surface area (Å²) in [7, 11) is 1.93. The molecule has 118 valence electrons. The van der Waals surface area contributed by atoms with Crippen LogP contribution in [0.4, 0.5) is 0 Å². The molecule has 1 N–H and O–H groups in total. The molecule has 1 aliphatic heterocycles. The fourth-order valence-corrected chi connectivity index (χ4v) is 3.43. The van der Waals surface area contributed by atoms with Crippen molar-refractivity contribution >= 4 is 18.3 Å². The average molecular weight is 313 g/mol. The van der Waals surface area contributed by atoms with Crippen LogP contribution in [0.5, 0.6) is 0 Å². The van der Waals surface area contributed by atoms with Crippen molar-refractivity contribution in [3.63, 3.8) is 0 Å². The first kappa shape index (κ1) is 16.3. The minimum absolute atomic E-state index is 0. The number of hydrogen-bond acceptors (Lipinski definition) is 3. The summed E-state index contributed by atoms with van der Waals surface area (Å²) in [6, 6.07) is 0.489. The van der Waals surface area contributed by atoms with Crippen LogP contribution in [0.25, 0.3) is 0 Å². The largest absolute Gasteiger partial charge is 0.340 e. The molecule has 0 aromatic carbocycles. The first-order valence-electron chi connectivity index (χ1n) is 7.70. The lowest BCUT2D eigenvalue weighted by atomic mass is 9.86. The number of hydrogen-bond donors (Lipinski definition) is 1. The molecule has 5 nitrogen and oxygen atoms in total. The summed E-state index contributed by atoms with van der Waals surface area (Å²) in [4.78, 5) is 15.0. The van der Waals surface area contributed by atoms with Crippen LogP contribution in [0, 0.1) is 5.92 Å². The van der Waals surface area contributed by atoms with Crippen molar-refractivity contribution < 1.29 is 4.79 Å². The SMILES string of the molecule is CCN(C(=O)[C@H]1CNC[C@@H]1c1cnn(C)c1)C1CCC1.Cl. The standard InChI is InChI=1S/C15H24N4O.ClH/c1-3-19(12-5-4-6-12)15(20)14-9-16-8-13(14)11-7-17-18(2)10-11;/h7,10,12-14,16H,3-6,8-9H2,1-2H3;1H/t13-,14+;/m1./s1. The number of nitrogens with zero attached hydrogens (tertiary/aromatic N) is 3. The lowest BCUT2D eigenvalue weighted by Gasteiger charge is -2.39. The van der Waals surface area contributed by atoms with Crippen molar-refractivity contribution in [2.75, 3.05) is 19.6 Å². The second-order valence-corrected chi connectivity index (χ2v) is 6.03. The molecule has 6 heteroatoms. The summed E-state index contributed by atoms with van der Waals surface area (Å²) < 4.78 is 1.82. The van der Waals surface area contributed by atoms with E-state index in [-0.39, 0.29) is 24.2 Å². The van der Waals surface area contributed by atoms with Gasteiger partial charge in [-0.25, -0.2) is 0 Å². The van der Waals surface area contributed by atoms with Crippen molar-refractivity contribution in [3.8, 4) is 0 Å². The smallest absolute Gasteiger partial charge is 0.227 e. The third-order valence-corrected chi connectivity index (χ3v) is 4.82. The molecule has 1 saturated heterocycles. The van der Waals surface area contributed by atoms with Crippen LogP contribution in [0.2, 0.25) is 0 Å². The zero-order valence-corrected chi connectivity index (χ0v) is 13.6. The van der Waals surface area contributed by atoms with Crippen molar-refractivity contribution in [1.29, 1.82) is 0 Å². The Kier molecular flexibility index (Phi) is 5.27. The minimum Gasteiger partial charge on any atom is -0.340 e. The molecule has 1 aliphatic carbocycles. The van der Waals surface area contributed by atoms with Gasteiger partial charge in [0, 0.05) is 44.8 Å². The van der Waals surface area contributed by atoms with Gasteiger partial charge in [0.25, 0.3) is 0 Å². The van der Waals surface area contributed by atoms with Crippen molar-refractivity contribution in [1.82, 2.24) is 20.0 Å². The van der Waals surface area contributed by atoms with Gasteiger partial charge in [-0.05, 0) is 31.7 Å². The summed E-state index contributed by atoms with van der Waals surface area (Å²) >= 11 is 0. The van der Waals surface area contributed by atoms with Crippen molar-refractivity contribution in [3.05, 3.63) is 18.0 Å². The summed E-state index contributed by atoms with van der Waals surface area (Å²) in [6.45, 7) is 4.60. The molecular formula is C15H25ClN4O. The van der Waals surface area contributed by atoms with Gasteiger partial charge in [0.15, 0.2) is 0 Å². The Morgan fingerprint density at radius 2 is 2.24 bits per heavy atom. The predicted octanol–water partition coefficient (Wildman–Crippen LogP) is 1.55. The van der Waals surface area contributed by atoms with Crippen LogP contribution in [0.3, 0.4) is 0 Å². The van der Waals surface area contributed by atoms with E-state index in [2.05, 4.69) is 22.2 Å². The number of carbonyl (C=O) groups is 1. The van der Waals surface area contributed by atoms with Crippen LogP contribution in [-0.4, -0.2) is 46.3 Å². The molecule has 1 saturated carbocycles. The Morgan fingerprint density at radius 1 is 1.48 bits per heavy atom. The summed E-state index contributed by atoms with van der Waals surface area (Å²) in [5.74, 6) is 0.668. The molecule has 0 bridgehead atoms.